The molecule has 0 spiro atoms. The molecule has 5 nitrogen and oxygen atoms in total. The van der Waals surface area contributed by atoms with E-state index >= 15 is 0 Å². The molecule has 8 heteroatoms. The van der Waals surface area contributed by atoms with Crippen LogP contribution in [0.3, 0.4) is 0 Å². The van der Waals surface area contributed by atoms with Crippen molar-refractivity contribution in [3.8, 4) is 6.07 Å². The number of sulfonamides is 1. The number of nitrogens with zero attached hydrogens (tertiary/aromatic N) is 1. The van der Waals surface area contributed by atoms with Crippen molar-refractivity contribution in [1.82, 2.24) is 0 Å². The predicted molar refractivity (Wildman–Crippen MR) is 72.7 cm³/mol. The smallest absolute Gasteiger partial charge is 0.262 e. The van der Waals surface area contributed by atoms with Gasteiger partial charge >= 0.3 is 0 Å². The van der Waals surface area contributed by atoms with E-state index in [2.05, 4.69) is 4.72 Å². The van der Waals surface area contributed by atoms with Crippen molar-refractivity contribution in [1.29, 1.82) is 5.26 Å². The molecule has 2 rings (SSSR count). The van der Waals surface area contributed by atoms with Gasteiger partial charge in [-0.2, -0.15) is 5.26 Å². The zero-order valence-electron chi connectivity index (χ0n) is 10.5. The van der Waals surface area contributed by atoms with E-state index in [0.29, 0.717) is 0 Å². The molecule has 2 aromatic rings. The van der Waals surface area contributed by atoms with Gasteiger partial charge in [-0.25, -0.2) is 17.2 Å². The Morgan fingerprint density at radius 3 is 2.52 bits per heavy atom. The third kappa shape index (κ3) is 3.09. The number of hydrogen-bond acceptors (Lipinski definition) is 4. The second-order valence-corrected chi connectivity index (χ2v) is 5.77. The van der Waals surface area contributed by atoms with Crippen LogP contribution in [0, 0.1) is 23.0 Å². The van der Waals surface area contributed by atoms with Gasteiger partial charge in [0.1, 0.15) is 17.7 Å². The maximum atomic E-state index is 13.2. The fraction of sp³-hybridized carbons (Fsp3) is 0. The zero-order valence-corrected chi connectivity index (χ0v) is 11.3. The molecular weight excluding hydrogens is 300 g/mol. The van der Waals surface area contributed by atoms with Crippen LogP contribution < -0.4 is 10.5 Å². The molecule has 0 atom stereocenters. The number of rotatable bonds is 3. The van der Waals surface area contributed by atoms with Crippen molar-refractivity contribution < 1.29 is 17.2 Å². The van der Waals surface area contributed by atoms with Gasteiger partial charge in [-0.1, -0.05) is 0 Å². The fourth-order valence-corrected chi connectivity index (χ4v) is 2.68. The summed E-state index contributed by atoms with van der Waals surface area (Å²) in [7, 11) is -4.12. The van der Waals surface area contributed by atoms with Gasteiger partial charge in [0.05, 0.1) is 21.8 Å². The van der Waals surface area contributed by atoms with Crippen LogP contribution in [-0.4, -0.2) is 8.42 Å². The van der Waals surface area contributed by atoms with Gasteiger partial charge in [0.2, 0.25) is 0 Å². The molecule has 3 N–H and O–H groups in total. The molecule has 0 saturated carbocycles. The molecule has 0 aromatic heterocycles. The molecule has 0 aliphatic rings. The van der Waals surface area contributed by atoms with Crippen molar-refractivity contribution in [2.24, 2.45) is 0 Å². The number of benzene rings is 2. The van der Waals surface area contributed by atoms with Crippen LogP contribution in [-0.2, 0) is 10.0 Å². The van der Waals surface area contributed by atoms with E-state index in [1.54, 1.807) is 6.07 Å². The highest BCUT2D eigenvalue weighted by Gasteiger charge is 2.18. The highest BCUT2D eigenvalue weighted by Crippen LogP contribution is 2.24. The standard InChI is InChI=1S/C13H9F2N3O2S/c14-9-1-4-12(17)13(6-9)18-21(19,20)10-2-3-11(15)8(5-10)7-16/h1-6,18H,17H2. The summed E-state index contributed by atoms with van der Waals surface area (Å²) < 4.78 is 52.6. The maximum Gasteiger partial charge on any atom is 0.262 e. The predicted octanol–water partition coefficient (Wildman–Crippen LogP) is 2.22. The van der Waals surface area contributed by atoms with Crippen molar-refractivity contribution in [3.63, 3.8) is 0 Å². The summed E-state index contributed by atoms with van der Waals surface area (Å²) in [5.41, 5.74) is 5.03. The molecule has 0 unspecified atom stereocenters. The van der Waals surface area contributed by atoms with Crippen LogP contribution >= 0.6 is 0 Å². The van der Waals surface area contributed by atoms with E-state index in [1.807, 2.05) is 0 Å². The Morgan fingerprint density at radius 1 is 1.14 bits per heavy atom. The molecule has 0 fully saturated rings. The minimum absolute atomic E-state index is 0.0302. The first-order chi connectivity index (χ1) is 9.83. The van der Waals surface area contributed by atoms with Crippen LogP contribution in [0.4, 0.5) is 20.2 Å². The number of nitriles is 1. The minimum atomic E-state index is -4.12. The Hall–Kier alpha value is -2.66. The van der Waals surface area contributed by atoms with E-state index in [0.717, 1.165) is 30.3 Å². The second kappa shape index (κ2) is 5.38. The van der Waals surface area contributed by atoms with Gasteiger partial charge in [-0.3, -0.25) is 4.72 Å². The third-order valence-corrected chi connectivity index (χ3v) is 3.99. The normalized spacial score (nSPS) is 10.9. The van der Waals surface area contributed by atoms with E-state index in [4.69, 9.17) is 11.0 Å². The monoisotopic (exact) mass is 309 g/mol. The molecule has 0 radical (unpaired) electrons. The quantitative estimate of drug-likeness (QED) is 0.850. The molecule has 0 aliphatic carbocycles. The number of nitrogen functional groups attached to an aromatic ring is 1. The second-order valence-electron chi connectivity index (χ2n) is 4.09. The lowest BCUT2D eigenvalue weighted by atomic mass is 10.2. The average molecular weight is 309 g/mol. The first-order valence-corrected chi connectivity index (χ1v) is 7.09. The molecule has 2 aromatic carbocycles. The molecule has 108 valence electrons. The summed E-state index contributed by atoms with van der Waals surface area (Å²) in [5, 5.41) is 8.70. The Labute approximate surface area is 119 Å². The summed E-state index contributed by atoms with van der Waals surface area (Å²) in [6, 6.07) is 7.49. The lowest BCUT2D eigenvalue weighted by Crippen LogP contribution is -2.14. The summed E-state index contributed by atoms with van der Waals surface area (Å²) in [6.45, 7) is 0. The van der Waals surface area contributed by atoms with Gasteiger partial charge in [-0.15, -0.1) is 0 Å². The fourth-order valence-electron chi connectivity index (χ4n) is 1.58. The van der Waals surface area contributed by atoms with Crippen LogP contribution in [0.25, 0.3) is 0 Å². The number of anilines is 2. The highest BCUT2D eigenvalue weighted by molar-refractivity contribution is 7.92. The minimum Gasteiger partial charge on any atom is -0.397 e. The topological polar surface area (TPSA) is 96.0 Å². The van der Waals surface area contributed by atoms with Crippen molar-refractivity contribution in [2.45, 2.75) is 4.90 Å². The molecule has 21 heavy (non-hydrogen) atoms. The third-order valence-electron chi connectivity index (χ3n) is 2.63. The van der Waals surface area contributed by atoms with Crippen LogP contribution in [0.2, 0.25) is 0 Å². The van der Waals surface area contributed by atoms with Crippen molar-refractivity contribution in [3.05, 3.63) is 53.6 Å². The van der Waals surface area contributed by atoms with Gasteiger partial charge in [0.15, 0.2) is 0 Å². The molecule has 0 aliphatic heterocycles. The van der Waals surface area contributed by atoms with Crippen LogP contribution in [0.15, 0.2) is 41.3 Å². The van der Waals surface area contributed by atoms with Crippen molar-refractivity contribution in [2.75, 3.05) is 10.5 Å². The Kier molecular flexibility index (Phi) is 3.78. The van der Waals surface area contributed by atoms with Crippen LogP contribution in [0.1, 0.15) is 5.56 Å². The van der Waals surface area contributed by atoms with Crippen molar-refractivity contribution >= 4 is 21.4 Å². The van der Waals surface area contributed by atoms with E-state index in [1.165, 1.54) is 6.07 Å². The number of halogens is 2. The average Bonchev–Trinajstić information content (AvgIpc) is 2.43. The summed E-state index contributed by atoms with van der Waals surface area (Å²) >= 11 is 0. The largest absolute Gasteiger partial charge is 0.397 e. The van der Waals surface area contributed by atoms with Gasteiger partial charge in [-0.05, 0) is 30.3 Å². The number of nitrogens with one attached hydrogen (secondary N) is 1. The van der Waals surface area contributed by atoms with Crippen LogP contribution in [0.5, 0.6) is 0 Å². The molecular formula is C13H9F2N3O2S. The molecule has 0 heterocycles. The lowest BCUT2D eigenvalue weighted by Gasteiger charge is -2.10. The SMILES string of the molecule is N#Cc1cc(S(=O)(=O)Nc2cc(F)ccc2N)ccc1F. The first kappa shape index (κ1) is 14.7. The first-order valence-electron chi connectivity index (χ1n) is 5.61. The van der Waals surface area contributed by atoms with Gasteiger partial charge < -0.3 is 5.73 Å². The maximum absolute atomic E-state index is 13.2. The molecule has 0 amide bonds. The number of hydrogen-bond donors (Lipinski definition) is 2. The lowest BCUT2D eigenvalue weighted by molar-refractivity contribution is 0.599. The van der Waals surface area contributed by atoms with Gasteiger partial charge in [0, 0.05) is 6.07 Å². The van der Waals surface area contributed by atoms with E-state index in [9.17, 15) is 17.2 Å². The molecule has 0 bridgehead atoms. The Balaban J connectivity index is 2.44. The van der Waals surface area contributed by atoms with E-state index < -0.39 is 27.2 Å². The summed E-state index contributed by atoms with van der Waals surface area (Å²) in [4.78, 5) is -0.330. The summed E-state index contributed by atoms with van der Waals surface area (Å²) in [5.74, 6) is -1.50. The van der Waals surface area contributed by atoms with E-state index in [-0.39, 0.29) is 16.3 Å². The Bertz CT molecular complexity index is 845. The summed E-state index contributed by atoms with van der Waals surface area (Å²) in [6.07, 6.45) is 0. The van der Waals surface area contributed by atoms with Gasteiger partial charge in [0.25, 0.3) is 10.0 Å². The zero-order chi connectivity index (χ0) is 15.6. The highest BCUT2D eigenvalue weighted by atomic mass is 32.2. The molecule has 0 saturated heterocycles. The number of nitrogens with two attached hydrogens (primary N) is 1. The Morgan fingerprint density at radius 2 is 1.86 bits per heavy atom.